The Balaban J connectivity index is 1.93. The number of hydrogen-bond acceptors (Lipinski definition) is 4. The molecule has 0 bridgehead atoms. The highest BCUT2D eigenvalue weighted by Gasteiger charge is 2.23. The summed E-state index contributed by atoms with van der Waals surface area (Å²) in [5.41, 5.74) is 8.06. The monoisotopic (exact) mass is 317 g/mol. The minimum absolute atomic E-state index is 0.249. The van der Waals surface area contributed by atoms with Crippen LogP contribution in [0.4, 0.5) is 10.7 Å². The number of nitrogens with zero attached hydrogens (tertiary/aromatic N) is 1. The highest BCUT2D eigenvalue weighted by molar-refractivity contribution is 7.16. The molecule has 0 unspecified atom stereocenters. The van der Waals surface area contributed by atoms with Crippen molar-refractivity contribution in [3.63, 3.8) is 0 Å². The van der Waals surface area contributed by atoms with Crippen molar-refractivity contribution in [2.45, 2.75) is 19.3 Å². The lowest BCUT2D eigenvalue weighted by Gasteiger charge is -2.07. The summed E-state index contributed by atoms with van der Waals surface area (Å²) >= 11 is 7.40. The number of halogens is 1. The zero-order chi connectivity index (χ0) is 15.0. The minimum atomic E-state index is -0.341. The first kappa shape index (κ1) is 13.9. The van der Waals surface area contributed by atoms with Crippen molar-refractivity contribution >= 4 is 39.5 Å². The van der Waals surface area contributed by atoms with Crippen LogP contribution in [0, 0.1) is 11.3 Å². The van der Waals surface area contributed by atoms with Crippen LogP contribution in [0.15, 0.2) is 18.2 Å². The smallest absolute Gasteiger partial charge is 0.258 e. The van der Waals surface area contributed by atoms with Gasteiger partial charge in [-0.25, -0.2) is 0 Å². The Kier molecular flexibility index (Phi) is 3.58. The predicted octanol–water partition coefficient (Wildman–Crippen LogP) is 3.60. The van der Waals surface area contributed by atoms with E-state index in [0.717, 1.165) is 24.8 Å². The van der Waals surface area contributed by atoms with Gasteiger partial charge in [0.2, 0.25) is 0 Å². The van der Waals surface area contributed by atoms with E-state index in [4.69, 9.17) is 17.3 Å². The van der Waals surface area contributed by atoms with Gasteiger partial charge in [-0.2, -0.15) is 5.26 Å². The zero-order valence-electron chi connectivity index (χ0n) is 11.1. The number of thiophene rings is 1. The summed E-state index contributed by atoms with van der Waals surface area (Å²) in [5.74, 6) is -0.341. The number of nitrogens with one attached hydrogen (secondary N) is 1. The Morgan fingerprint density at radius 1 is 1.43 bits per heavy atom. The first-order chi connectivity index (χ1) is 10.1. The average molecular weight is 318 g/mol. The number of carbonyl (C=O) groups excluding carboxylic acids is 1. The summed E-state index contributed by atoms with van der Waals surface area (Å²) in [4.78, 5) is 13.5. The van der Waals surface area contributed by atoms with Crippen LogP contribution in [-0.2, 0) is 12.8 Å². The molecule has 0 fully saturated rings. The molecule has 0 saturated carbocycles. The molecule has 0 aliphatic heterocycles. The molecule has 21 heavy (non-hydrogen) atoms. The molecule has 106 valence electrons. The number of hydrogen-bond donors (Lipinski definition) is 2. The van der Waals surface area contributed by atoms with E-state index in [1.165, 1.54) is 16.2 Å². The molecule has 3 N–H and O–H groups in total. The van der Waals surface area contributed by atoms with Gasteiger partial charge in [0.25, 0.3) is 5.91 Å². The average Bonchev–Trinajstić information content (AvgIpc) is 3.02. The van der Waals surface area contributed by atoms with Crippen molar-refractivity contribution in [3.8, 4) is 6.07 Å². The molecule has 0 saturated heterocycles. The first-order valence-electron chi connectivity index (χ1n) is 6.51. The molecular formula is C15H12ClN3OS. The van der Waals surface area contributed by atoms with Gasteiger partial charge in [-0.05, 0) is 37.0 Å². The fraction of sp³-hybridized carbons (Fsp3) is 0.200. The predicted molar refractivity (Wildman–Crippen MR) is 84.9 cm³/mol. The van der Waals surface area contributed by atoms with Crippen LogP contribution in [0.25, 0.3) is 0 Å². The van der Waals surface area contributed by atoms with Gasteiger partial charge < -0.3 is 11.1 Å². The maximum Gasteiger partial charge on any atom is 0.258 e. The first-order valence-corrected chi connectivity index (χ1v) is 7.71. The van der Waals surface area contributed by atoms with Crippen molar-refractivity contribution in [2.75, 3.05) is 11.1 Å². The van der Waals surface area contributed by atoms with E-state index in [0.29, 0.717) is 21.2 Å². The van der Waals surface area contributed by atoms with Gasteiger partial charge in [-0.1, -0.05) is 17.7 Å². The van der Waals surface area contributed by atoms with Gasteiger partial charge in [0.1, 0.15) is 11.1 Å². The van der Waals surface area contributed by atoms with E-state index in [2.05, 4.69) is 11.4 Å². The van der Waals surface area contributed by atoms with Crippen LogP contribution in [0.1, 0.15) is 32.8 Å². The number of benzene rings is 1. The lowest BCUT2D eigenvalue weighted by atomic mass is 10.1. The van der Waals surface area contributed by atoms with Crippen molar-refractivity contribution in [1.29, 1.82) is 5.26 Å². The molecule has 0 atom stereocenters. The number of fused-ring (bicyclic) bond motifs is 1. The van der Waals surface area contributed by atoms with E-state index >= 15 is 0 Å². The lowest BCUT2D eigenvalue weighted by molar-refractivity contribution is 0.102. The summed E-state index contributed by atoms with van der Waals surface area (Å²) in [5, 5.41) is 13.1. The molecule has 1 aromatic carbocycles. The minimum Gasteiger partial charge on any atom is -0.397 e. The summed E-state index contributed by atoms with van der Waals surface area (Å²) in [6, 6.07) is 7.12. The highest BCUT2D eigenvalue weighted by Crippen LogP contribution is 2.39. The number of amides is 1. The summed E-state index contributed by atoms with van der Waals surface area (Å²) in [7, 11) is 0. The van der Waals surface area contributed by atoms with Crippen LogP contribution in [0.3, 0.4) is 0 Å². The molecule has 1 amide bonds. The number of nitrogens with two attached hydrogens (primary N) is 1. The maximum atomic E-state index is 12.3. The van der Waals surface area contributed by atoms with Crippen molar-refractivity contribution in [1.82, 2.24) is 0 Å². The van der Waals surface area contributed by atoms with Crippen molar-refractivity contribution < 1.29 is 4.79 Å². The van der Waals surface area contributed by atoms with Gasteiger partial charge in [-0.15, -0.1) is 11.3 Å². The molecule has 1 aromatic heterocycles. The SMILES string of the molecule is N#Cc1c(NC(=O)c2cccc(Cl)c2N)sc2c1CCC2. The number of carbonyl (C=O) groups is 1. The fourth-order valence-electron chi connectivity index (χ4n) is 2.52. The number of nitrogen functional groups attached to an aromatic ring is 1. The Hall–Kier alpha value is -2.03. The van der Waals surface area contributed by atoms with Crippen LogP contribution >= 0.6 is 22.9 Å². The second kappa shape index (κ2) is 5.40. The molecule has 4 nitrogen and oxygen atoms in total. The second-order valence-corrected chi connectivity index (χ2v) is 6.34. The van der Waals surface area contributed by atoms with E-state index in [1.807, 2.05) is 0 Å². The third kappa shape index (κ3) is 2.37. The third-order valence-corrected chi connectivity index (χ3v) is 5.09. The van der Waals surface area contributed by atoms with Gasteiger partial charge in [0.05, 0.1) is 21.8 Å². The molecule has 3 rings (SSSR count). The largest absolute Gasteiger partial charge is 0.397 e. The third-order valence-electron chi connectivity index (χ3n) is 3.56. The molecule has 1 aliphatic rings. The van der Waals surface area contributed by atoms with Crippen LogP contribution in [0.5, 0.6) is 0 Å². The summed E-state index contributed by atoms with van der Waals surface area (Å²) in [6.07, 6.45) is 2.96. The van der Waals surface area contributed by atoms with E-state index in [9.17, 15) is 10.1 Å². The molecule has 0 spiro atoms. The van der Waals surface area contributed by atoms with Gasteiger partial charge in [-0.3, -0.25) is 4.79 Å². The zero-order valence-corrected chi connectivity index (χ0v) is 12.6. The Labute approximate surface area is 131 Å². The molecule has 2 aromatic rings. The molecular weight excluding hydrogens is 306 g/mol. The van der Waals surface area contributed by atoms with Gasteiger partial charge in [0.15, 0.2) is 0 Å². The molecule has 0 radical (unpaired) electrons. The molecule has 1 aliphatic carbocycles. The van der Waals surface area contributed by atoms with Crippen molar-refractivity contribution in [3.05, 3.63) is 44.8 Å². The lowest BCUT2D eigenvalue weighted by Crippen LogP contribution is -2.14. The van der Waals surface area contributed by atoms with E-state index < -0.39 is 0 Å². The van der Waals surface area contributed by atoms with Crippen LogP contribution < -0.4 is 11.1 Å². The number of aryl methyl sites for hydroxylation is 1. The number of para-hydroxylation sites is 1. The Morgan fingerprint density at radius 2 is 2.24 bits per heavy atom. The van der Waals surface area contributed by atoms with E-state index in [-0.39, 0.29) is 11.6 Å². The maximum absolute atomic E-state index is 12.3. The highest BCUT2D eigenvalue weighted by atomic mass is 35.5. The Morgan fingerprint density at radius 3 is 3.00 bits per heavy atom. The van der Waals surface area contributed by atoms with Crippen LogP contribution in [0.2, 0.25) is 5.02 Å². The molecule has 1 heterocycles. The topological polar surface area (TPSA) is 78.9 Å². The number of nitriles is 1. The summed E-state index contributed by atoms with van der Waals surface area (Å²) in [6.45, 7) is 0. The van der Waals surface area contributed by atoms with Crippen LogP contribution in [-0.4, -0.2) is 5.91 Å². The fourth-order valence-corrected chi connectivity index (χ4v) is 3.93. The standard InChI is InChI=1S/C15H12ClN3OS/c16-11-5-1-4-9(13(11)18)14(20)19-15-10(7-17)8-3-2-6-12(8)21-15/h1,4-5H,2-3,6,18H2,(H,19,20). The molecule has 6 heteroatoms. The second-order valence-electron chi connectivity index (χ2n) is 4.83. The summed E-state index contributed by atoms with van der Waals surface area (Å²) < 4.78 is 0. The Bertz CT molecular complexity index is 776. The van der Waals surface area contributed by atoms with E-state index in [1.54, 1.807) is 18.2 Å². The normalized spacial score (nSPS) is 12.8. The van der Waals surface area contributed by atoms with Gasteiger partial charge >= 0.3 is 0 Å². The quantitative estimate of drug-likeness (QED) is 0.831. The number of anilines is 2. The van der Waals surface area contributed by atoms with Crippen molar-refractivity contribution in [2.24, 2.45) is 0 Å². The van der Waals surface area contributed by atoms with Gasteiger partial charge in [0, 0.05) is 4.88 Å². The number of rotatable bonds is 2.